The summed E-state index contributed by atoms with van der Waals surface area (Å²) in [5, 5.41) is 1.19. The molecule has 1 heterocycles. The van der Waals surface area contributed by atoms with Gasteiger partial charge in [0.2, 0.25) is 0 Å². The van der Waals surface area contributed by atoms with Crippen LogP contribution in [0.5, 0.6) is 0 Å². The predicted molar refractivity (Wildman–Crippen MR) is 78.9 cm³/mol. The molecule has 1 fully saturated rings. The van der Waals surface area contributed by atoms with Gasteiger partial charge in [-0.2, -0.15) is 0 Å². The van der Waals surface area contributed by atoms with E-state index in [2.05, 4.69) is 40.2 Å². The zero-order valence-electron chi connectivity index (χ0n) is 10.0. The van der Waals surface area contributed by atoms with Gasteiger partial charge in [-0.25, -0.2) is 4.98 Å². The average molecular weight is 323 g/mol. The molecule has 94 valence electrons. The fraction of sp³-hybridized carbons (Fsp3) is 0.357. The number of halogens is 1. The van der Waals surface area contributed by atoms with Crippen molar-refractivity contribution in [2.75, 3.05) is 0 Å². The number of aromatic nitrogens is 1. The fourth-order valence-electron chi connectivity index (χ4n) is 2.09. The summed E-state index contributed by atoms with van der Waals surface area (Å²) in [7, 11) is 0. The number of nitrogens with zero attached hydrogens (tertiary/aromatic N) is 1. The smallest absolute Gasteiger partial charge is 0.0975 e. The van der Waals surface area contributed by atoms with Gasteiger partial charge in [0.05, 0.1) is 10.7 Å². The molecule has 2 aromatic rings. The molecule has 1 aromatic heterocycles. The quantitative estimate of drug-likeness (QED) is 0.929. The van der Waals surface area contributed by atoms with Crippen LogP contribution in [0.1, 0.15) is 39.9 Å². The van der Waals surface area contributed by atoms with E-state index < -0.39 is 0 Å². The van der Waals surface area contributed by atoms with E-state index in [1.165, 1.54) is 34.0 Å². The van der Waals surface area contributed by atoms with Crippen LogP contribution >= 0.6 is 27.3 Å². The molecular weight excluding hydrogens is 308 g/mol. The van der Waals surface area contributed by atoms with E-state index in [9.17, 15) is 0 Å². The predicted octanol–water partition coefficient (Wildman–Crippen LogP) is 3.83. The molecule has 0 spiro atoms. The maximum absolute atomic E-state index is 5.81. The van der Waals surface area contributed by atoms with Crippen LogP contribution in [0.15, 0.2) is 28.7 Å². The maximum Gasteiger partial charge on any atom is 0.0975 e. The Morgan fingerprint density at radius 1 is 1.28 bits per heavy atom. The van der Waals surface area contributed by atoms with Gasteiger partial charge in [-0.05, 0) is 30.5 Å². The molecule has 2 nitrogen and oxygen atoms in total. The Hall–Kier alpha value is -0.710. The Balaban J connectivity index is 1.81. The van der Waals surface area contributed by atoms with Crippen LogP contribution in [0, 0.1) is 0 Å². The standard InChI is InChI=1S/C14H15BrN2S/c15-11-5-1-9(2-6-11)7-13-17-14(10-3-4-10)12(8-16)18-13/h1-2,5-6,10H,3-4,7-8,16H2. The largest absolute Gasteiger partial charge is 0.326 e. The lowest BCUT2D eigenvalue weighted by Gasteiger charge is -1.97. The molecule has 2 N–H and O–H groups in total. The molecular formula is C14H15BrN2S. The third-order valence-electron chi connectivity index (χ3n) is 3.19. The molecule has 0 radical (unpaired) electrons. The van der Waals surface area contributed by atoms with Crippen molar-refractivity contribution >= 4 is 27.3 Å². The van der Waals surface area contributed by atoms with Crippen LogP contribution in [-0.2, 0) is 13.0 Å². The summed E-state index contributed by atoms with van der Waals surface area (Å²) in [5.41, 5.74) is 8.38. The van der Waals surface area contributed by atoms with E-state index in [-0.39, 0.29) is 0 Å². The Morgan fingerprint density at radius 3 is 2.61 bits per heavy atom. The van der Waals surface area contributed by atoms with Crippen LogP contribution in [-0.4, -0.2) is 4.98 Å². The van der Waals surface area contributed by atoms with Crippen molar-refractivity contribution in [2.24, 2.45) is 5.73 Å². The van der Waals surface area contributed by atoms with E-state index >= 15 is 0 Å². The highest BCUT2D eigenvalue weighted by atomic mass is 79.9. The van der Waals surface area contributed by atoms with E-state index in [1.54, 1.807) is 11.3 Å². The van der Waals surface area contributed by atoms with E-state index in [1.807, 2.05) is 0 Å². The number of rotatable bonds is 4. The summed E-state index contributed by atoms with van der Waals surface area (Å²) >= 11 is 5.23. The minimum Gasteiger partial charge on any atom is -0.326 e. The van der Waals surface area contributed by atoms with Gasteiger partial charge < -0.3 is 5.73 Å². The molecule has 0 saturated heterocycles. The van der Waals surface area contributed by atoms with Crippen molar-refractivity contribution in [3.05, 3.63) is 49.9 Å². The molecule has 0 aliphatic heterocycles. The van der Waals surface area contributed by atoms with Crippen LogP contribution in [0.3, 0.4) is 0 Å². The van der Waals surface area contributed by atoms with Gasteiger partial charge in [0, 0.05) is 28.2 Å². The molecule has 0 atom stereocenters. The first-order chi connectivity index (χ1) is 8.76. The van der Waals surface area contributed by atoms with Crippen LogP contribution in [0.2, 0.25) is 0 Å². The van der Waals surface area contributed by atoms with Gasteiger partial charge >= 0.3 is 0 Å². The lowest BCUT2D eigenvalue weighted by Crippen LogP contribution is -1.96. The molecule has 1 aliphatic rings. The van der Waals surface area contributed by atoms with Crippen molar-refractivity contribution in [3.8, 4) is 0 Å². The van der Waals surface area contributed by atoms with Gasteiger partial charge in [0.1, 0.15) is 0 Å². The van der Waals surface area contributed by atoms with Crippen LogP contribution in [0.25, 0.3) is 0 Å². The molecule has 4 heteroatoms. The first-order valence-electron chi connectivity index (χ1n) is 6.19. The highest BCUT2D eigenvalue weighted by Crippen LogP contribution is 2.42. The first kappa shape index (κ1) is 12.3. The van der Waals surface area contributed by atoms with Crippen LogP contribution in [0.4, 0.5) is 0 Å². The van der Waals surface area contributed by atoms with Gasteiger partial charge in [-0.3, -0.25) is 0 Å². The summed E-state index contributed by atoms with van der Waals surface area (Å²) in [5.74, 6) is 0.693. The number of hydrogen-bond donors (Lipinski definition) is 1. The second kappa shape index (κ2) is 5.11. The first-order valence-corrected chi connectivity index (χ1v) is 7.80. The third kappa shape index (κ3) is 2.66. The lowest BCUT2D eigenvalue weighted by molar-refractivity contribution is 0.959. The second-order valence-electron chi connectivity index (χ2n) is 4.70. The molecule has 0 amide bonds. The van der Waals surface area contributed by atoms with Gasteiger partial charge in [-0.1, -0.05) is 28.1 Å². The molecule has 0 bridgehead atoms. The monoisotopic (exact) mass is 322 g/mol. The summed E-state index contributed by atoms with van der Waals surface area (Å²) < 4.78 is 1.12. The zero-order valence-corrected chi connectivity index (χ0v) is 12.4. The third-order valence-corrected chi connectivity index (χ3v) is 4.81. The van der Waals surface area contributed by atoms with Crippen LogP contribution < -0.4 is 5.73 Å². The Morgan fingerprint density at radius 2 is 2.00 bits per heavy atom. The highest BCUT2D eigenvalue weighted by Gasteiger charge is 2.29. The van der Waals surface area contributed by atoms with Gasteiger partial charge in [0.15, 0.2) is 0 Å². The fourth-order valence-corrected chi connectivity index (χ4v) is 3.42. The molecule has 0 unspecified atom stereocenters. The van der Waals surface area contributed by atoms with E-state index in [0.717, 1.165) is 10.9 Å². The number of nitrogens with two attached hydrogens (primary N) is 1. The van der Waals surface area contributed by atoms with Gasteiger partial charge in [0.25, 0.3) is 0 Å². The maximum atomic E-state index is 5.81. The molecule has 18 heavy (non-hydrogen) atoms. The Labute approximate surface area is 119 Å². The van der Waals surface area contributed by atoms with Crippen molar-refractivity contribution in [1.82, 2.24) is 4.98 Å². The number of thiazole rings is 1. The SMILES string of the molecule is NCc1sc(Cc2ccc(Br)cc2)nc1C1CC1. The number of benzene rings is 1. The summed E-state index contributed by atoms with van der Waals surface area (Å²) in [4.78, 5) is 6.07. The Bertz CT molecular complexity index is 543. The van der Waals surface area contributed by atoms with E-state index in [0.29, 0.717) is 12.5 Å². The normalized spacial score (nSPS) is 15.0. The second-order valence-corrected chi connectivity index (χ2v) is 6.78. The average Bonchev–Trinajstić information content (AvgIpc) is 3.14. The molecule has 1 aromatic carbocycles. The highest BCUT2D eigenvalue weighted by molar-refractivity contribution is 9.10. The van der Waals surface area contributed by atoms with Gasteiger partial charge in [-0.15, -0.1) is 11.3 Å². The summed E-state index contributed by atoms with van der Waals surface area (Å²) in [6.07, 6.45) is 3.49. The topological polar surface area (TPSA) is 38.9 Å². The summed E-state index contributed by atoms with van der Waals surface area (Å²) in [6.45, 7) is 0.629. The number of hydrogen-bond acceptors (Lipinski definition) is 3. The van der Waals surface area contributed by atoms with Crippen molar-refractivity contribution < 1.29 is 0 Å². The minimum absolute atomic E-state index is 0.629. The Kier molecular flexibility index (Phi) is 3.50. The molecule has 1 aliphatic carbocycles. The summed E-state index contributed by atoms with van der Waals surface area (Å²) in [6, 6.07) is 8.44. The van der Waals surface area contributed by atoms with Crippen molar-refractivity contribution in [3.63, 3.8) is 0 Å². The van der Waals surface area contributed by atoms with Crippen molar-refractivity contribution in [2.45, 2.75) is 31.7 Å². The molecule has 3 rings (SSSR count). The molecule has 1 saturated carbocycles. The van der Waals surface area contributed by atoms with E-state index in [4.69, 9.17) is 10.7 Å². The minimum atomic E-state index is 0.629. The lowest BCUT2D eigenvalue weighted by atomic mass is 10.2. The van der Waals surface area contributed by atoms with Crippen molar-refractivity contribution in [1.29, 1.82) is 0 Å². The zero-order chi connectivity index (χ0) is 12.5.